The summed E-state index contributed by atoms with van der Waals surface area (Å²) in [6.45, 7) is 0.726. The fourth-order valence-corrected chi connectivity index (χ4v) is 3.47. The number of aromatic nitrogens is 2. The quantitative estimate of drug-likeness (QED) is 0.783. The molecule has 1 N–H and O–H groups in total. The molecule has 3 aromatic rings. The highest BCUT2D eigenvalue weighted by atomic mass is 32.1. The number of carbonyl (C=O) groups excluding carboxylic acids is 2. The zero-order chi connectivity index (χ0) is 17.2. The van der Waals surface area contributed by atoms with Crippen molar-refractivity contribution in [2.45, 2.75) is 19.3 Å². The van der Waals surface area contributed by atoms with Gasteiger partial charge < -0.3 is 10.2 Å². The fourth-order valence-electron chi connectivity index (χ4n) is 2.96. The van der Waals surface area contributed by atoms with Gasteiger partial charge in [0.05, 0.1) is 11.7 Å². The fraction of sp³-hybridized carbons (Fsp3) is 0.222. The number of benzene rings is 2. The normalized spacial score (nSPS) is 14.7. The van der Waals surface area contributed by atoms with Crippen molar-refractivity contribution in [3.8, 4) is 0 Å². The van der Waals surface area contributed by atoms with E-state index in [1.54, 1.807) is 23.1 Å². The molecule has 0 bridgehead atoms. The van der Waals surface area contributed by atoms with Gasteiger partial charge in [0.2, 0.25) is 5.91 Å². The molecule has 1 aliphatic rings. The predicted octanol–water partition coefficient (Wildman–Crippen LogP) is 3.46. The Kier molecular flexibility index (Phi) is 4.15. The van der Waals surface area contributed by atoms with Crippen LogP contribution in [0.25, 0.3) is 11.0 Å². The van der Waals surface area contributed by atoms with Gasteiger partial charge in [-0.2, -0.15) is 8.75 Å². The van der Waals surface area contributed by atoms with Gasteiger partial charge in [-0.25, -0.2) is 0 Å². The first-order valence-electron chi connectivity index (χ1n) is 8.15. The van der Waals surface area contributed by atoms with E-state index in [0.717, 1.165) is 42.3 Å². The highest BCUT2D eigenvalue weighted by molar-refractivity contribution is 7.00. The molecular formula is C18H16N4O2S. The van der Waals surface area contributed by atoms with Crippen molar-refractivity contribution < 1.29 is 9.59 Å². The van der Waals surface area contributed by atoms with Gasteiger partial charge >= 0.3 is 0 Å². The monoisotopic (exact) mass is 352 g/mol. The number of amides is 2. The van der Waals surface area contributed by atoms with E-state index in [1.807, 2.05) is 24.3 Å². The Hall–Kier alpha value is -2.80. The van der Waals surface area contributed by atoms with Gasteiger partial charge in [-0.1, -0.05) is 6.07 Å². The van der Waals surface area contributed by atoms with Crippen LogP contribution in [-0.2, 0) is 4.79 Å². The summed E-state index contributed by atoms with van der Waals surface area (Å²) in [5.74, 6) is -0.0757. The Labute approximate surface area is 148 Å². The molecule has 0 atom stereocenters. The number of hydrogen-bond acceptors (Lipinski definition) is 5. The van der Waals surface area contributed by atoms with Crippen molar-refractivity contribution in [1.82, 2.24) is 8.75 Å². The molecule has 1 saturated heterocycles. The summed E-state index contributed by atoms with van der Waals surface area (Å²) in [6, 6.07) is 12.6. The van der Waals surface area contributed by atoms with E-state index in [0.29, 0.717) is 23.2 Å². The van der Waals surface area contributed by atoms with E-state index >= 15 is 0 Å². The van der Waals surface area contributed by atoms with E-state index < -0.39 is 0 Å². The van der Waals surface area contributed by atoms with Crippen LogP contribution in [0.1, 0.15) is 29.6 Å². The van der Waals surface area contributed by atoms with Crippen LogP contribution in [0.3, 0.4) is 0 Å². The smallest absolute Gasteiger partial charge is 0.255 e. The largest absolute Gasteiger partial charge is 0.322 e. The number of rotatable bonds is 3. The van der Waals surface area contributed by atoms with Crippen LogP contribution in [0.5, 0.6) is 0 Å². The number of fused-ring (bicyclic) bond motifs is 1. The third-order valence-corrected chi connectivity index (χ3v) is 4.81. The molecule has 0 aliphatic carbocycles. The Bertz CT molecular complexity index is 953. The molecule has 1 aromatic heterocycles. The SMILES string of the molecule is O=C(Nc1cccc(N2CCCCC2=O)c1)c1ccc2nsnc2c1. The number of nitrogens with one attached hydrogen (secondary N) is 1. The lowest BCUT2D eigenvalue weighted by Gasteiger charge is -2.27. The summed E-state index contributed by atoms with van der Waals surface area (Å²) in [5, 5.41) is 2.89. The lowest BCUT2D eigenvalue weighted by Crippen LogP contribution is -2.35. The number of hydrogen-bond donors (Lipinski definition) is 1. The van der Waals surface area contributed by atoms with E-state index in [-0.39, 0.29) is 11.8 Å². The third kappa shape index (κ3) is 3.23. The maximum Gasteiger partial charge on any atom is 0.255 e. The highest BCUT2D eigenvalue weighted by Gasteiger charge is 2.20. The summed E-state index contributed by atoms with van der Waals surface area (Å²) >= 11 is 1.13. The number of piperidine rings is 1. The van der Waals surface area contributed by atoms with Crippen LogP contribution in [0.15, 0.2) is 42.5 Å². The van der Waals surface area contributed by atoms with Gasteiger partial charge in [-0.15, -0.1) is 0 Å². The van der Waals surface area contributed by atoms with Crippen molar-refractivity contribution in [1.29, 1.82) is 0 Å². The number of nitrogens with zero attached hydrogens (tertiary/aromatic N) is 3. The molecule has 0 unspecified atom stereocenters. The Morgan fingerprint density at radius 3 is 2.84 bits per heavy atom. The molecule has 6 nitrogen and oxygen atoms in total. The lowest BCUT2D eigenvalue weighted by atomic mass is 10.1. The van der Waals surface area contributed by atoms with Crippen molar-refractivity contribution in [2.75, 3.05) is 16.8 Å². The highest BCUT2D eigenvalue weighted by Crippen LogP contribution is 2.24. The lowest BCUT2D eigenvalue weighted by molar-refractivity contribution is -0.119. The van der Waals surface area contributed by atoms with Crippen LogP contribution >= 0.6 is 11.7 Å². The molecule has 1 fully saturated rings. The van der Waals surface area contributed by atoms with Crippen molar-refractivity contribution >= 4 is 46.0 Å². The van der Waals surface area contributed by atoms with Gasteiger partial charge in [0.25, 0.3) is 5.91 Å². The average Bonchev–Trinajstić information content (AvgIpc) is 3.10. The molecule has 126 valence electrons. The van der Waals surface area contributed by atoms with Gasteiger partial charge in [0.15, 0.2) is 0 Å². The predicted molar refractivity (Wildman–Crippen MR) is 98.0 cm³/mol. The molecule has 25 heavy (non-hydrogen) atoms. The van der Waals surface area contributed by atoms with Crippen LogP contribution < -0.4 is 10.2 Å². The standard InChI is InChI=1S/C18H16N4O2S/c23-17-6-1-2-9-22(17)14-5-3-4-13(11-14)19-18(24)12-7-8-15-16(10-12)21-25-20-15/h3-5,7-8,10-11H,1-2,6,9H2,(H,19,24). The average molecular weight is 352 g/mol. The topological polar surface area (TPSA) is 75.2 Å². The third-order valence-electron chi connectivity index (χ3n) is 4.26. The minimum atomic E-state index is -0.211. The first kappa shape index (κ1) is 15.7. The summed E-state index contributed by atoms with van der Waals surface area (Å²) < 4.78 is 8.29. The van der Waals surface area contributed by atoms with Gasteiger partial charge in [0, 0.05) is 29.9 Å². The van der Waals surface area contributed by atoms with E-state index in [4.69, 9.17) is 0 Å². The molecule has 0 saturated carbocycles. The van der Waals surface area contributed by atoms with Crippen molar-refractivity contribution in [3.63, 3.8) is 0 Å². The Morgan fingerprint density at radius 1 is 1.08 bits per heavy atom. The molecule has 2 aromatic carbocycles. The van der Waals surface area contributed by atoms with E-state index in [1.165, 1.54) is 0 Å². The van der Waals surface area contributed by atoms with Crippen LogP contribution in [0.4, 0.5) is 11.4 Å². The summed E-state index contributed by atoms with van der Waals surface area (Å²) in [7, 11) is 0. The number of carbonyl (C=O) groups is 2. The second-order valence-electron chi connectivity index (χ2n) is 5.97. The van der Waals surface area contributed by atoms with Crippen LogP contribution in [0, 0.1) is 0 Å². The van der Waals surface area contributed by atoms with E-state index in [9.17, 15) is 9.59 Å². The second-order valence-corrected chi connectivity index (χ2v) is 6.50. The molecule has 4 rings (SSSR count). The molecule has 7 heteroatoms. The summed E-state index contributed by atoms with van der Waals surface area (Å²) in [4.78, 5) is 26.4. The minimum absolute atomic E-state index is 0.135. The molecule has 0 spiro atoms. The zero-order valence-electron chi connectivity index (χ0n) is 13.4. The maximum absolute atomic E-state index is 12.5. The molecular weight excluding hydrogens is 336 g/mol. The van der Waals surface area contributed by atoms with Gasteiger partial charge in [0.1, 0.15) is 11.0 Å². The molecule has 2 amide bonds. The van der Waals surface area contributed by atoms with E-state index in [2.05, 4.69) is 14.1 Å². The first-order chi connectivity index (χ1) is 12.2. The first-order valence-corrected chi connectivity index (χ1v) is 8.88. The summed E-state index contributed by atoms with van der Waals surface area (Å²) in [6.07, 6.45) is 2.53. The molecule has 1 aliphatic heterocycles. The van der Waals surface area contributed by atoms with Gasteiger partial charge in [-0.3, -0.25) is 9.59 Å². The minimum Gasteiger partial charge on any atom is -0.322 e. The zero-order valence-corrected chi connectivity index (χ0v) is 14.3. The van der Waals surface area contributed by atoms with Crippen LogP contribution in [-0.4, -0.2) is 27.1 Å². The van der Waals surface area contributed by atoms with Crippen molar-refractivity contribution in [2.24, 2.45) is 0 Å². The molecule has 0 radical (unpaired) electrons. The second kappa shape index (κ2) is 6.60. The Balaban J connectivity index is 1.54. The maximum atomic E-state index is 12.5. The molecule has 2 heterocycles. The Morgan fingerprint density at radius 2 is 1.96 bits per heavy atom. The van der Waals surface area contributed by atoms with Crippen LogP contribution in [0.2, 0.25) is 0 Å². The number of anilines is 2. The summed E-state index contributed by atoms with van der Waals surface area (Å²) in [5.41, 5.74) is 3.51. The van der Waals surface area contributed by atoms with Gasteiger partial charge in [-0.05, 0) is 49.2 Å². The van der Waals surface area contributed by atoms with Crippen molar-refractivity contribution in [3.05, 3.63) is 48.0 Å².